The maximum Gasteiger partial charge on any atom is 0.263 e. The highest BCUT2D eigenvalue weighted by molar-refractivity contribution is 7.93. The zero-order valence-corrected chi connectivity index (χ0v) is 15.8. The smallest absolute Gasteiger partial charge is 0.263 e. The zero-order valence-electron chi connectivity index (χ0n) is 12.6. The fraction of sp³-hybridized carbons (Fsp3) is 0.133. The molecule has 0 amide bonds. The average molecular weight is 403 g/mol. The summed E-state index contributed by atoms with van der Waals surface area (Å²) >= 11 is 8.72. The molecule has 126 valence electrons. The Hall–Kier alpha value is -1.48. The normalized spacial score (nSPS) is 11.7. The number of sulfonamides is 1. The molecule has 2 aromatic heterocycles. The maximum atomic E-state index is 13.1. The van der Waals surface area contributed by atoms with Crippen molar-refractivity contribution in [2.75, 3.05) is 4.72 Å². The lowest BCUT2D eigenvalue weighted by Crippen LogP contribution is -2.13. The van der Waals surface area contributed by atoms with Crippen molar-refractivity contribution < 1.29 is 12.8 Å². The minimum atomic E-state index is -3.83. The van der Waals surface area contributed by atoms with E-state index in [4.69, 9.17) is 11.6 Å². The predicted octanol–water partition coefficient (Wildman–Crippen LogP) is 5.08. The second-order valence-electron chi connectivity index (χ2n) is 5.05. The van der Waals surface area contributed by atoms with Gasteiger partial charge in [0.1, 0.15) is 15.7 Å². The van der Waals surface area contributed by atoms with Crippen LogP contribution in [0.25, 0.3) is 9.88 Å². The Morgan fingerprint density at radius 2 is 2.00 bits per heavy atom. The number of halogens is 2. The number of benzene rings is 1. The minimum absolute atomic E-state index is 0.00206. The van der Waals surface area contributed by atoms with Crippen molar-refractivity contribution in [3.8, 4) is 9.88 Å². The summed E-state index contributed by atoms with van der Waals surface area (Å²) in [6, 6.07) is 5.09. The number of thiophene rings is 1. The first-order valence-corrected chi connectivity index (χ1v) is 10.3. The molecular weight excluding hydrogens is 391 g/mol. The molecule has 1 aromatic carbocycles. The van der Waals surface area contributed by atoms with Gasteiger partial charge in [-0.3, -0.25) is 4.72 Å². The standard InChI is InChI=1S/C15H12ClFN2O2S3/c1-8-7-22-15(18-8)13-6-14(9(2)23-13)24(20,21)19-12-4-3-10(17)5-11(12)16/h3-7,19H,1-2H3. The summed E-state index contributed by atoms with van der Waals surface area (Å²) in [5, 5.41) is 2.69. The quantitative estimate of drug-likeness (QED) is 0.661. The monoisotopic (exact) mass is 402 g/mol. The van der Waals surface area contributed by atoms with Crippen LogP contribution in [0, 0.1) is 19.7 Å². The highest BCUT2D eigenvalue weighted by Gasteiger charge is 2.22. The number of hydrogen-bond acceptors (Lipinski definition) is 5. The van der Waals surface area contributed by atoms with Crippen LogP contribution in [0.2, 0.25) is 5.02 Å². The van der Waals surface area contributed by atoms with E-state index < -0.39 is 15.8 Å². The molecule has 2 heterocycles. The van der Waals surface area contributed by atoms with Gasteiger partial charge in [0.2, 0.25) is 0 Å². The SMILES string of the molecule is Cc1csc(-c2cc(S(=O)(=O)Nc3ccc(F)cc3Cl)c(C)s2)n1. The van der Waals surface area contributed by atoms with Crippen LogP contribution in [0.5, 0.6) is 0 Å². The van der Waals surface area contributed by atoms with E-state index in [1.807, 2.05) is 12.3 Å². The van der Waals surface area contributed by atoms with Gasteiger partial charge in [-0.15, -0.1) is 22.7 Å². The summed E-state index contributed by atoms with van der Waals surface area (Å²) in [5.74, 6) is -0.531. The van der Waals surface area contributed by atoms with Crippen molar-refractivity contribution in [1.29, 1.82) is 0 Å². The lowest BCUT2D eigenvalue weighted by Gasteiger charge is -2.09. The second kappa shape index (κ2) is 6.44. The number of nitrogens with zero attached hydrogens (tertiary/aromatic N) is 1. The van der Waals surface area contributed by atoms with Gasteiger partial charge in [-0.25, -0.2) is 17.8 Å². The number of aryl methyl sites for hydroxylation is 2. The molecule has 0 bridgehead atoms. The summed E-state index contributed by atoms with van der Waals surface area (Å²) in [5.41, 5.74) is 1.02. The molecule has 0 saturated carbocycles. The summed E-state index contributed by atoms with van der Waals surface area (Å²) in [6.45, 7) is 3.62. The molecule has 24 heavy (non-hydrogen) atoms. The Bertz CT molecular complexity index is 1010. The van der Waals surface area contributed by atoms with Gasteiger partial charge in [0.15, 0.2) is 0 Å². The van der Waals surface area contributed by atoms with Crippen LogP contribution in [0.1, 0.15) is 10.6 Å². The van der Waals surface area contributed by atoms with Gasteiger partial charge in [-0.2, -0.15) is 0 Å². The highest BCUT2D eigenvalue weighted by atomic mass is 35.5. The molecule has 0 atom stereocenters. The van der Waals surface area contributed by atoms with Crippen LogP contribution in [-0.4, -0.2) is 13.4 Å². The third-order valence-corrected chi connectivity index (χ3v) is 7.28. The first-order chi connectivity index (χ1) is 11.3. The average Bonchev–Trinajstić information content (AvgIpc) is 3.08. The Labute approximate surface area is 152 Å². The number of aromatic nitrogens is 1. The minimum Gasteiger partial charge on any atom is -0.278 e. The van der Waals surface area contributed by atoms with Crippen molar-refractivity contribution in [2.24, 2.45) is 0 Å². The summed E-state index contributed by atoms with van der Waals surface area (Å²) in [6.07, 6.45) is 0. The Kier molecular flexibility index (Phi) is 4.65. The van der Waals surface area contributed by atoms with Gasteiger partial charge in [-0.1, -0.05) is 11.6 Å². The lowest BCUT2D eigenvalue weighted by molar-refractivity contribution is 0.601. The van der Waals surface area contributed by atoms with Crippen molar-refractivity contribution in [2.45, 2.75) is 18.7 Å². The summed E-state index contributed by atoms with van der Waals surface area (Å²) in [4.78, 5) is 5.97. The number of rotatable bonds is 4. The van der Waals surface area contributed by atoms with E-state index in [2.05, 4.69) is 9.71 Å². The van der Waals surface area contributed by atoms with E-state index in [0.29, 0.717) is 4.88 Å². The molecule has 0 spiro atoms. The van der Waals surface area contributed by atoms with E-state index in [9.17, 15) is 12.8 Å². The molecule has 0 fully saturated rings. The first kappa shape index (κ1) is 17.3. The van der Waals surface area contributed by atoms with Crippen molar-refractivity contribution in [1.82, 2.24) is 4.98 Å². The zero-order chi connectivity index (χ0) is 17.5. The van der Waals surface area contributed by atoms with E-state index in [1.54, 1.807) is 13.0 Å². The molecule has 0 aliphatic heterocycles. The van der Waals surface area contributed by atoms with Gasteiger partial charge in [0.05, 0.1) is 15.6 Å². The molecular formula is C15H12ClFN2O2S3. The maximum absolute atomic E-state index is 13.1. The molecule has 4 nitrogen and oxygen atoms in total. The van der Waals surface area contributed by atoms with Crippen LogP contribution < -0.4 is 4.72 Å². The first-order valence-electron chi connectivity index (χ1n) is 6.77. The number of nitrogens with one attached hydrogen (secondary N) is 1. The molecule has 3 aromatic rings. The Balaban J connectivity index is 1.96. The Morgan fingerprint density at radius 1 is 1.25 bits per heavy atom. The molecule has 0 saturated heterocycles. The number of hydrogen-bond donors (Lipinski definition) is 1. The van der Waals surface area contributed by atoms with Crippen LogP contribution in [0.15, 0.2) is 34.5 Å². The van der Waals surface area contributed by atoms with E-state index in [-0.39, 0.29) is 15.6 Å². The van der Waals surface area contributed by atoms with Gasteiger partial charge < -0.3 is 0 Å². The van der Waals surface area contributed by atoms with Gasteiger partial charge in [0.25, 0.3) is 10.0 Å². The molecule has 0 aliphatic carbocycles. The lowest BCUT2D eigenvalue weighted by atomic mass is 10.3. The van der Waals surface area contributed by atoms with Crippen LogP contribution in [-0.2, 0) is 10.0 Å². The van der Waals surface area contributed by atoms with Crippen LogP contribution >= 0.6 is 34.3 Å². The topological polar surface area (TPSA) is 59.1 Å². The Morgan fingerprint density at radius 3 is 2.62 bits per heavy atom. The van der Waals surface area contributed by atoms with Gasteiger partial charge >= 0.3 is 0 Å². The summed E-state index contributed by atoms with van der Waals surface area (Å²) < 4.78 is 40.8. The van der Waals surface area contributed by atoms with Crippen LogP contribution in [0.3, 0.4) is 0 Å². The van der Waals surface area contributed by atoms with Gasteiger partial charge in [-0.05, 0) is 38.1 Å². The largest absolute Gasteiger partial charge is 0.278 e. The third-order valence-electron chi connectivity index (χ3n) is 3.17. The number of anilines is 1. The molecule has 1 N–H and O–H groups in total. The predicted molar refractivity (Wildman–Crippen MR) is 97.1 cm³/mol. The molecule has 0 unspecified atom stereocenters. The molecule has 0 aliphatic rings. The third kappa shape index (κ3) is 3.46. The van der Waals surface area contributed by atoms with Gasteiger partial charge in [0, 0.05) is 16.0 Å². The van der Waals surface area contributed by atoms with E-state index in [0.717, 1.165) is 27.7 Å². The van der Waals surface area contributed by atoms with Crippen LogP contribution in [0.4, 0.5) is 10.1 Å². The molecule has 0 radical (unpaired) electrons. The van der Waals surface area contributed by atoms with Crippen molar-refractivity contribution in [3.63, 3.8) is 0 Å². The highest BCUT2D eigenvalue weighted by Crippen LogP contribution is 2.36. The fourth-order valence-corrected chi connectivity index (χ4v) is 5.88. The fourth-order valence-electron chi connectivity index (χ4n) is 2.08. The van der Waals surface area contributed by atoms with Crippen molar-refractivity contribution >= 4 is 50.0 Å². The summed E-state index contributed by atoms with van der Waals surface area (Å²) in [7, 11) is -3.83. The molecule has 3 rings (SSSR count). The van der Waals surface area contributed by atoms with E-state index >= 15 is 0 Å². The van der Waals surface area contributed by atoms with Crippen molar-refractivity contribution in [3.05, 3.63) is 51.1 Å². The molecule has 9 heteroatoms. The van der Waals surface area contributed by atoms with E-state index in [1.165, 1.54) is 28.7 Å². The number of thiazole rings is 1. The second-order valence-corrected chi connectivity index (χ2v) is 9.23.